The lowest BCUT2D eigenvalue weighted by molar-refractivity contribution is 0.408. The monoisotopic (exact) mass is 437 g/mol. The van der Waals surface area contributed by atoms with Gasteiger partial charge in [0.05, 0.1) is 28.8 Å². The van der Waals surface area contributed by atoms with Gasteiger partial charge in [-0.25, -0.2) is 16.8 Å². The molecular weight excluding hydrogens is 410 g/mol. The number of rotatable bonds is 8. The molecule has 0 saturated carbocycles. The maximum absolute atomic E-state index is 13.1. The van der Waals surface area contributed by atoms with Crippen LogP contribution in [0.15, 0.2) is 53.4 Å². The molecule has 0 bridgehead atoms. The molecule has 6 nitrogen and oxygen atoms in total. The highest BCUT2D eigenvalue weighted by Gasteiger charge is 2.45. The molecule has 29 heavy (non-hydrogen) atoms. The first-order chi connectivity index (χ1) is 13.8. The van der Waals surface area contributed by atoms with Crippen molar-refractivity contribution in [3.63, 3.8) is 0 Å². The first-order valence-electron chi connectivity index (χ1n) is 9.65. The van der Waals surface area contributed by atoms with E-state index in [1.165, 1.54) is 0 Å². The Morgan fingerprint density at radius 2 is 1.76 bits per heavy atom. The third-order valence-electron chi connectivity index (χ3n) is 5.35. The maximum Gasteiger partial charge on any atom is 0.183 e. The van der Waals surface area contributed by atoms with Gasteiger partial charge in [0, 0.05) is 6.04 Å². The Balaban J connectivity index is 1.76. The van der Waals surface area contributed by atoms with E-state index in [2.05, 4.69) is 5.32 Å². The summed E-state index contributed by atoms with van der Waals surface area (Å²) in [6, 6.07) is 13.7. The van der Waals surface area contributed by atoms with Gasteiger partial charge in [0.15, 0.2) is 19.7 Å². The van der Waals surface area contributed by atoms with Crippen molar-refractivity contribution >= 4 is 19.7 Å². The SMILES string of the molecule is CCc1ccc(S(=O)(=O)[C@H]2CS(=O)(=O)C[C@@H]2NCCc2ccccc2OC)cc1. The molecule has 1 aliphatic rings. The number of ether oxygens (including phenoxy) is 1. The molecule has 1 aliphatic heterocycles. The van der Waals surface area contributed by atoms with E-state index in [4.69, 9.17) is 4.74 Å². The quantitative estimate of drug-likeness (QED) is 0.680. The highest BCUT2D eigenvalue weighted by atomic mass is 32.2. The fourth-order valence-corrected chi connectivity index (χ4v) is 8.42. The van der Waals surface area contributed by atoms with Gasteiger partial charge in [-0.2, -0.15) is 0 Å². The Bertz CT molecular complexity index is 1050. The van der Waals surface area contributed by atoms with E-state index in [0.717, 1.165) is 23.3 Å². The fraction of sp³-hybridized carbons (Fsp3) is 0.429. The third-order valence-corrected chi connectivity index (χ3v) is 9.52. The summed E-state index contributed by atoms with van der Waals surface area (Å²) in [6.45, 7) is 2.45. The van der Waals surface area contributed by atoms with Crippen molar-refractivity contribution in [3.8, 4) is 5.75 Å². The molecule has 1 fully saturated rings. The Morgan fingerprint density at radius 1 is 1.07 bits per heavy atom. The molecule has 3 rings (SSSR count). The van der Waals surface area contributed by atoms with E-state index >= 15 is 0 Å². The summed E-state index contributed by atoms with van der Waals surface area (Å²) in [5.74, 6) is 0.237. The molecule has 2 aromatic carbocycles. The predicted octanol–water partition coefficient (Wildman–Crippen LogP) is 2.03. The van der Waals surface area contributed by atoms with Gasteiger partial charge in [-0.1, -0.05) is 37.3 Å². The highest BCUT2D eigenvalue weighted by molar-refractivity contribution is 7.96. The molecule has 0 aromatic heterocycles. The predicted molar refractivity (Wildman–Crippen MR) is 114 cm³/mol. The molecule has 158 valence electrons. The number of aryl methyl sites for hydroxylation is 1. The molecule has 0 radical (unpaired) electrons. The zero-order chi connectivity index (χ0) is 21.1. The number of hydrogen-bond acceptors (Lipinski definition) is 6. The molecule has 0 spiro atoms. The van der Waals surface area contributed by atoms with Gasteiger partial charge >= 0.3 is 0 Å². The van der Waals surface area contributed by atoms with Crippen LogP contribution < -0.4 is 10.1 Å². The van der Waals surface area contributed by atoms with Crippen LogP contribution in [0.2, 0.25) is 0 Å². The number of methoxy groups -OCH3 is 1. The van der Waals surface area contributed by atoms with Crippen LogP contribution >= 0.6 is 0 Å². The van der Waals surface area contributed by atoms with E-state index in [1.54, 1.807) is 31.4 Å². The molecule has 2 atom stereocenters. The second-order valence-corrected chi connectivity index (χ2v) is 11.6. The summed E-state index contributed by atoms with van der Waals surface area (Å²) in [5, 5.41) is 2.18. The normalized spacial score (nSPS) is 21.2. The van der Waals surface area contributed by atoms with Crippen LogP contribution in [-0.2, 0) is 32.5 Å². The molecule has 1 N–H and O–H groups in total. The van der Waals surface area contributed by atoms with E-state index < -0.39 is 31.0 Å². The average Bonchev–Trinajstić information content (AvgIpc) is 3.03. The van der Waals surface area contributed by atoms with E-state index in [9.17, 15) is 16.8 Å². The lowest BCUT2D eigenvalue weighted by Crippen LogP contribution is -2.44. The molecule has 8 heteroatoms. The van der Waals surface area contributed by atoms with Crippen molar-refractivity contribution in [3.05, 3.63) is 59.7 Å². The topological polar surface area (TPSA) is 89.5 Å². The lowest BCUT2D eigenvalue weighted by Gasteiger charge is -2.20. The Morgan fingerprint density at radius 3 is 2.41 bits per heavy atom. The van der Waals surface area contributed by atoms with Crippen molar-refractivity contribution < 1.29 is 21.6 Å². The van der Waals surface area contributed by atoms with Crippen LogP contribution in [0.5, 0.6) is 5.75 Å². The summed E-state index contributed by atoms with van der Waals surface area (Å²) >= 11 is 0. The number of para-hydroxylation sites is 1. The van der Waals surface area contributed by atoms with Gasteiger partial charge in [0.1, 0.15) is 5.75 Å². The molecule has 2 aromatic rings. The van der Waals surface area contributed by atoms with Gasteiger partial charge < -0.3 is 10.1 Å². The molecule has 0 aliphatic carbocycles. The number of nitrogens with one attached hydrogen (secondary N) is 1. The summed E-state index contributed by atoms with van der Waals surface area (Å²) in [6.07, 6.45) is 1.42. The average molecular weight is 438 g/mol. The van der Waals surface area contributed by atoms with Gasteiger partial charge in [0.25, 0.3) is 0 Å². The minimum Gasteiger partial charge on any atom is -0.496 e. The number of benzene rings is 2. The summed E-state index contributed by atoms with van der Waals surface area (Å²) in [5.41, 5.74) is 2.02. The Kier molecular flexibility index (Phi) is 6.65. The van der Waals surface area contributed by atoms with E-state index in [-0.39, 0.29) is 16.4 Å². The Hall–Kier alpha value is -1.90. The number of sulfone groups is 2. The molecule has 0 unspecified atom stereocenters. The van der Waals surface area contributed by atoms with Crippen LogP contribution in [0.3, 0.4) is 0 Å². The third kappa shape index (κ3) is 4.99. The van der Waals surface area contributed by atoms with Crippen LogP contribution in [0.25, 0.3) is 0 Å². The summed E-state index contributed by atoms with van der Waals surface area (Å²) in [4.78, 5) is 0.174. The molecule has 0 amide bonds. The first kappa shape index (κ1) is 21.8. The van der Waals surface area contributed by atoms with Crippen LogP contribution in [0, 0.1) is 0 Å². The lowest BCUT2D eigenvalue weighted by atomic mass is 10.1. The smallest absolute Gasteiger partial charge is 0.183 e. The van der Waals surface area contributed by atoms with E-state index in [0.29, 0.717) is 13.0 Å². The van der Waals surface area contributed by atoms with Crippen molar-refractivity contribution in [2.24, 2.45) is 0 Å². The van der Waals surface area contributed by atoms with Crippen molar-refractivity contribution in [1.82, 2.24) is 5.32 Å². The number of hydrogen-bond donors (Lipinski definition) is 1. The first-order valence-corrected chi connectivity index (χ1v) is 13.0. The van der Waals surface area contributed by atoms with E-state index in [1.807, 2.05) is 31.2 Å². The minimum absolute atomic E-state index is 0.171. The zero-order valence-electron chi connectivity index (χ0n) is 16.7. The molecule has 1 saturated heterocycles. The van der Waals surface area contributed by atoms with Gasteiger partial charge in [0.2, 0.25) is 0 Å². The van der Waals surface area contributed by atoms with Crippen LogP contribution in [0.4, 0.5) is 0 Å². The largest absolute Gasteiger partial charge is 0.496 e. The second kappa shape index (κ2) is 8.85. The molecular formula is C21H27NO5S2. The summed E-state index contributed by atoms with van der Waals surface area (Å²) in [7, 11) is -5.58. The zero-order valence-corrected chi connectivity index (χ0v) is 18.3. The minimum atomic E-state index is -3.76. The Labute approximate surface area is 173 Å². The summed E-state index contributed by atoms with van der Waals surface area (Å²) < 4.78 is 56.1. The maximum atomic E-state index is 13.1. The highest BCUT2D eigenvalue weighted by Crippen LogP contribution is 2.26. The fourth-order valence-electron chi connectivity index (χ4n) is 3.70. The van der Waals surface area contributed by atoms with Crippen molar-refractivity contribution in [2.45, 2.75) is 36.0 Å². The van der Waals surface area contributed by atoms with Crippen molar-refractivity contribution in [2.75, 3.05) is 25.2 Å². The van der Waals surface area contributed by atoms with Gasteiger partial charge in [-0.3, -0.25) is 0 Å². The van der Waals surface area contributed by atoms with Crippen LogP contribution in [-0.4, -0.2) is 53.3 Å². The second-order valence-electron chi connectivity index (χ2n) is 7.28. The van der Waals surface area contributed by atoms with Gasteiger partial charge in [-0.05, 0) is 48.7 Å². The van der Waals surface area contributed by atoms with Crippen LogP contribution in [0.1, 0.15) is 18.1 Å². The van der Waals surface area contributed by atoms with Crippen molar-refractivity contribution in [1.29, 1.82) is 0 Å². The molecule has 1 heterocycles. The van der Waals surface area contributed by atoms with Gasteiger partial charge in [-0.15, -0.1) is 0 Å². The standard InChI is InChI=1S/C21H27NO5S2/c1-3-16-8-10-18(11-9-16)29(25,26)21-15-28(23,24)14-19(21)22-13-12-17-6-4-5-7-20(17)27-2/h4-11,19,21-22H,3,12-15H2,1-2H3/t19-,21-/m0/s1.